The Labute approximate surface area is 115 Å². The first-order valence-electron chi connectivity index (χ1n) is 6.65. The van der Waals surface area contributed by atoms with Gasteiger partial charge in [0, 0.05) is 33.0 Å². The number of hydrogen-bond donors (Lipinski definition) is 0. The molecule has 2 saturated heterocycles. The van der Waals surface area contributed by atoms with Crippen molar-refractivity contribution in [3.63, 3.8) is 0 Å². The van der Waals surface area contributed by atoms with Gasteiger partial charge in [-0.2, -0.15) is 5.26 Å². The maximum atomic E-state index is 10.5. The molecule has 1 amide bonds. The summed E-state index contributed by atoms with van der Waals surface area (Å²) in [5.41, 5.74) is 0. The number of nitriles is 1. The normalized spacial score (nSPS) is 17.1. The quantitative estimate of drug-likeness (QED) is 0.575. The molecule has 0 saturated carbocycles. The molecule has 6 heteroatoms. The van der Waals surface area contributed by atoms with Crippen LogP contribution >= 0.6 is 0 Å². The molecule has 2 aliphatic heterocycles. The van der Waals surface area contributed by atoms with Crippen LogP contribution in [-0.4, -0.2) is 50.8 Å². The Morgan fingerprint density at radius 1 is 1.37 bits per heavy atom. The largest absolute Gasteiger partial charge is 0.381 e. The van der Waals surface area contributed by atoms with Gasteiger partial charge in [-0.1, -0.05) is 0 Å². The fourth-order valence-corrected chi connectivity index (χ4v) is 1.34. The van der Waals surface area contributed by atoms with Gasteiger partial charge >= 0.3 is 0 Å². The minimum Gasteiger partial charge on any atom is -0.381 e. The fourth-order valence-electron chi connectivity index (χ4n) is 1.34. The maximum absolute atomic E-state index is 10.5. The highest BCUT2D eigenvalue weighted by Crippen LogP contribution is 2.04. The highest BCUT2D eigenvalue weighted by Gasteiger charge is 2.14. The monoisotopic (exact) mass is 272 g/mol. The van der Waals surface area contributed by atoms with Gasteiger partial charge < -0.3 is 9.64 Å². The Bertz CT molecular complexity index is 254. The molecular weight excluding hydrogens is 248 g/mol. The molecule has 0 spiro atoms. The lowest BCUT2D eigenvalue weighted by Gasteiger charge is -2.03. The third kappa shape index (κ3) is 11.7. The minimum absolute atomic E-state index is 0.292. The van der Waals surface area contributed by atoms with Crippen molar-refractivity contribution in [3.8, 4) is 6.07 Å². The molecule has 110 valence electrons. The van der Waals surface area contributed by atoms with E-state index in [-0.39, 0.29) is 0 Å². The number of amides is 1. The van der Waals surface area contributed by atoms with E-state index in [0.717, 1.165) is 39.0 Å². The molecule has 2 aliphatic rings. The van der Waals surface area contributed by atoms with Crippen LogP contribution in [0.5, 0.6) is 0 Å². The van der Waals surface area contributed by atoms with E-state index in [0.29, 0.717) is 25.5 Å². The summed E-state index contributed by atoms with van der Waals surface area (Å²) in [6, 6.07) is 1.98. The topological polar surface area (TPSA) is 71.8 Å². The Morgan fingerprint density at radius 3 is 2.32 bits per heavy atom. The summed E-state index contributed by atoms with van der Waals surface area (Å²) in [6.45, 7) is 5.71. The molecule has 19 heavy (non-hydrogen) atoms. The number of ether oxygens (including phenoxy) is 1. The molecule has 6 nitrogen and oxygen atoms in total. The van der Waals surface area contributed by atoms with Gasteiger partial charge in [0.15, 0.2) is 0 Å². The van der Waals surface area contributed by atoms with Crippen LogP contribution in [0.15, 0.2) is 0 Å². The first-order chi connectivity index (χ1) is 9.22. The zero-order valence-corrected chi connectivity index (χ0v) is 11.9. The second-order valence-electron chi connectivity index (χ2n) is 4.02. The van der Waals surface area contributed by atoms with Gasteiger partial charge in [0.25, 0.3) is 0 Å². The smallest absolute Gasteiger partial charge is 0.222 e. The molecule has 2 fully saturated rings. The lowest BCUT2D eigenvalue weighted by Crippen LogP contribution is -2.17. The number of carbonyl (C=O) groups is 1. The summed E-state index contributed by atoms with van der Waals surface area (Å²) in [6.07, 6.45) is 3.37. The van der Waals surface area contributed by atoms with E-state index in [2.05, 4.69) is 9.78 Å². The predicted molar refractivity (Wildman–Crippen MR) is 70.1 cm³/mol. The molecule has 0 radical (unpaired) electrons. The van der Waals surface area contributed by atoms with E-state index < -0.39 is 0 Å². The first-order valence-corrected chi connectivity index (χ1v) is 6.65. The number of rotatable bonds is 3. The molecule has 0 N–H and O–H groups in total. The van der Waals surface area contributed by atoms with Crippen molar-refractivity contribution < 1.29 is 19.3 Å². The van der Waals surface area contributed by atoms with Gasteiger partial charge in [0.05, 0.1) is 32.3 Å². The predicted octanol–water partition coefficient (Wildman–Crippen LogP) is 1.51. The molecule has 0 aromatic rings. The average molecular weight is 272 g/mol. The van der Waals surface area contributed by atoms with Gasteiger partial charge in [-0.15, -0.1) is 0 Å². The van der Waals surface area contributed by atoms with E-state index in [1.54, 1.807) is 4.90 Å². The molecule has 2 heterocycles. The zero-order chi connectivity index (χ0) is 14.3. The third-order valence-electron chi connectivity index (χ3n) is 2.41. The number of hydrogen-bond acceptors (Lipinski definition) is 5. The standard InChI is InChI=1S/2C5H9NO.C3H6O2/c1-6-4-2-3-5(6)7;1-2-7-5-3-4-6;1-2-4-5-3-1/h2-4H2,1H3;2-3,5H2,1H3;1-3H2. The average Bonchev–Trinajstić information content (AvgIpc) is 3.08. The fraction of sp³-hybridized carbons (Fsp3) is 0.846. The van der Waals surface area contributed by atoms with Crippen LogP contribution < -0.4 is 0 Å². The van der Waals surface area contributed by atoms with Gasteiger partial charge in [0.2, 0.25) is 5.91 Å². The van der Waals surface area contributed by atoms with Crippen molar-refractivity contribution in [3.05, 3.63) is 0 Å². The van der Waals surface area contributed by atoms with E-state index in [1.165, 1.54) is 0 Å². The van der Waals surface area contributed by atoms with Crippen LogP contribution in [-0.2, 0) is 19.3 Å². The van der Waals surface area contributed by atoms with Crippen LogP contribution in [0.1, 0.15) is 32.6 Å². The van der Waals surface area contributed by atoms with Crippen molar-refractivity contribution in [2.45, 2.75) is 32.6 Å². The van der Waals surface area contributed by atoms with Gasteiger partial charge in [-0.3, -0.25) is 4.79 Å². The van der Waals surface area contributed by atoms with E-state index in [9.17, 15) is 4.79 Å². The summed E-state index contributed by atoms with van der Waals surface area (Å²) < 4.78 is 4.85. The highest BCUT2D eigenvalue weighted by molar-refractivity contribution is 5.77. The Kier molecular flexibility index (Phi) is 12.5. The van der Waals surface area contributed by atoms with Crippen molar-refractivity contribution in [2.24, 2.45) is 0 Å². The SMILES string of the molecule is C1COOC1.CCOCCC#N.CN1CCCC1=O. The number of nitrogens with zero attached hydrogens (tertiary/aromatic N) is 2. The Balaban J connectivity index is 0.000000259. The number of likely N-dealkylation sites (tertiary alicyclic amines) is 1. The van der Waals surface area contributed by atoms with Crippen LogP contribution in [0.4, 0.5) is 0 Å². The molecule has 0 aromatic carbocycles. The molecule has 0 bridgehead atoms. The van der Waals surface area contributed by atoms with Crippen molar-refractivity contribution >= 4 is 5.91 Å². The lowest BCUT2D eigenvalue weighted by atomic mass is 10.4. The molecular formula is C13H24N2O4. The van der Waals surface area contributed by atoms with Crippen molar-refractivity contribution in [1.29, 1.82) is 5.26 Å². The summed E-state index contributed by atoms with van der Waals surface area (Å²) in [5.74, 6) is 0.292. The second-order valence-corrected chi connectivity index (χ2v) is 4.02. The van der Waals surface area contributed by atoms with Crippen molar-refractivity contribution in [1.82, 2.24) is 4.90 Å². The van der Waals surface area contributed by atoms with Crippen LogP contribution in [0.25, 0.3) is 0 Å². The van der Waals surface area contributed by atoms with E-state index in [4.69, 9.17) is 10.00 Å². The summed E-state index contributed by atoms with van der Waals surface area (Å²) in [5, 5.41) is 7.96. The molecule has 2 rings (SSSR count). The summed E-state index contributed by atoms with van der Waals surface area (Å²) in [4.78, 5) is 21.2. The van der Waals surface area contributed by atoms with E-state index in [1.807, 2.05) is 20.0 Å². The van der Waals surface area contributed by atoms with Crippen LogP contribution in [0.3, 0.4) is 0 Å². The maximum Gasteiger partial charge on any atom is 0.222 e. The molecule has 0 atom stereocenters. The molecule has 0 unspecified atom stereocenters. The Hall–Kier alpha value is -1.16. The highest BCUT2D eigenvalue weighted by atomic mass is 17.2. The third-order valence-corrected chi connectivity index (χ3v) is 2.41. The molecule has 0 aliphatic carbocycles. The summed E-state index contributed by atoms with van der Waals surface area (Å²) in [7, 11) is 1.84. The van der Waals surface area contributed by atoms with Gasteiger partial charge in [-0.05, 0) is 13.3 Å². The van der Waals surface area contributed by atoms with Crippen molar-refractivity contribution in [2.75, 3.05) is 40.0 Å². The van der Waals surface area contributed by atoms with Gasteiger partial charge in [-0.25, -0.2) is 9.78 Å². The van der Waals surface area contributed by atoms with E-state index >= 15 is 0 Å². The number of carbonyl (C=O) groups excluding carboxylic acids is 1. The summed E-state index contributed by atoms with van der Waals surface area (Å²) >= 11 is 0. The van der Waals surface area contributed by atoms with Gasteiger partial charge in [0.1, 0.15) is 0 Å². The van der Waals surface area contributed by atoms with Crippen LogP contribution in [0, 0.1) is 11.3 Å². The minimum atomic E-state index is 0.292. The zero-order valence-electron chi connectivity index (χ0n) is 11.9. The lowest BCUT2D eigenvalue weighted by molar-refractivity contribution is -0.248. The molecule has 0 aromatic heterocycles. The second kappa shape index (κ2) is 13.3. The van der Waals surface area contributed by atoms with Crippen LogP contribution in [0.2, 0.25) is 0 Å². The Morgan fingerprint density at radius 2 is 2.05 bits per heavy atom. The first kappa shape index (κ1) is 17.8.